The molecule has 2 rings (SSSR count). The van der Waals surface area contributed by atoms with Gasteiger partial charge >= 0.3 is 0 Å². The van der Waals surface area contributed by atoms with Crippen molar-refractivity contribution in [3.8, 4) is 0 Å². The van der Waals surface area contributed by atoms with Crippen LogP contribution in [0.4, 0.5) is 13.2 Å². The number of rotatable bonds is 2. The number of benzene rings is 1. The molecule has 1 aromatic carbocycles. The molecule has 2 N–H and O–H groups in total. The molecular weight excluding hydrogens is 241 g/mol. The minimum absolute atomic E-state index is 0.156. The monoisotopic (exact) mass is 258 g/mol. The van der Waals surface area contributed by atoms with Gasteiger partial charge in [-0.25, -0.2) is 13.2 Å². The summed E-state index contributed by atoms with van der Waals surface area (Å²) in [4.78, 5) is 2.00. The standard InChI is InChI=1S/C13H17F3N2/c1-2-18-5-3-4-12(17)13(18)8-6-10(15)11(16)7-9(8)14/h6-7,12-13H,2-5,17H2,1H3. The Bertz CT molecular complexity index is 436. The Kier molecular flexibility index (Phi) is 3.92. The van der Waals surface area contributed by atoms with Gasteiger partial charge in [0.15, 0.2) is 11.6 Å². The van der Waals surface area contributed by atoms with Crippen LogP contribution >= 0.6 is 0 Å². The molecule has 2 unspecified atom stereocenters. The Morgan fingerprint density at radius 3 is 2.56 bits per heavy atom. The minimum atomic E-state index is -1.16. The first-order chi connectivity index (χ1) is 8.54. The van der Waals surface area contributed by atoms with Crippen molar-refractivity contribution in [2.45, 2.75) is 31.8 Å². The van der Waals surface area contributed by atoms with Crippen molar-refractivity contribution in [2.24, 2.45) is 5.73 Å². The predicted molar refractivity (Wildman–Crippen MR) is 63.5 cm³/mol. The average molecular weight is 258 g/mol. The molecule has 18 heavy (non-hydrogen) atoms. The molecule has 2 atom stereocenters. The van der Waals surface area contributed by atoms with E-state index in [-0.39, 0.29) is 17.6 Å². The van der Waals surface area contributed by atoms with Crippen LogP contribution in [0.15, 0.2) is 12.1 Å². The van der Waals surface area contributed by atoms with Crippen molar-refractivity contribution < 1.29 is 13.2 Å². The number of nitrogens with two attached hydrogens (primary N) is 1. The molecule has 0 bridgehead atoms. The van der Waals surface area contributed by atoms with Gasteiger partial charge < -0.3 is 5.73 Å². The molecule has 0 spiro atoms. The molecular formula is C13H17F3N2. The Morgan fingerprint density at radius 1 is 1.22 bits per heavy atom. The smallest absolute Gasteiger partial charge is 0.161 e. The molecule has 1 aromatic rings. The number of halogens is 3. The predicted octanol–water partition coefficient (Wildman–Crippen LogP) is 2.59. The highest BCUT2D eigenvalue weighted by Crippen LogP contribution is 2.32. The van der Waals surface area contributed by atoms with Crippen LogP contribution in [0.2, 0.25) is 0 Å². The fraction of sp³-hybridized carbons (Fsp3) is 0.538. The van der Waals surface area contributed by atoms with Crippen LogP contribution in [-0.2, 0) is 0 Å². The van der Waals surface area contributed by atoms with Crippen molar-refractivity contribution in [2.75, 3.05) is 13.1 Å². The third-order valence-corrected chi connectivity index (χ3v) is 3.55. The summed E-state index contributed by atoms with van der Waals surface area (Å²) in [5.74, 6) is -2.92. The van der Waals surface area contributed by atoms with Crippen LogP contribution in [0.25, 0.3) is 0 Å². The van der Waals surface area contributed by atoms with Gasteiger partial charge in [-0.15, -0.1) is 0 Å². The number of piperidine rings is 1. The fourth-order valence-corrected chi connectivity index (χ4v) is 2.64. The van der Waals surface area contributed by atoms with Crippen LogP contribution in [0.3, 0.4) is 0 Å². The number of hydrogen-bond donors (Lipinski definition) is 1. The molecule has 0 aromatic heterocycles. The lowest BCUT2D eigenvalue weighted by Crippen LogP contribution is -2.46. The van der Waals surface area contributed by atoms with Gasteiger partial charge in [-0.1, -0.05) is 6.92 Å². The molecule has 0 aliphatic carbocycles. The summed E-state index contributed by atoms with van der Waals surface area (Å²) in [7, 11) is 0. The Morgan fingerprint density at radius 2 is 1.89 bits per heavy atom. The Balaban J connectivity index is 2.41. The van der Waals surface area contributed by atoms with Crippen molar-refractivity contribution in [1.82, 2.24) is 4.90 Å². The van der Waals surface area contributed by atoms with E-state index >= 15 is 0 Å². The highest BCUT2D eigenvalue weighted by molar-refractivity contribution is 5.25. The van der Waals surface area contributed by atoms with Crippen molar-refractivity contribution in [1.29, 1.82) is 0 Å². The van der Waals surface area contributed by atoms with Crippen molar-refractivity contribution in [3.05, 3.63) is 35.1 Å². The molecule has 2 nitrogen and oxygen atoms in total. The fourth-order valence-electron chi connectivity index (χ4n) is 2.64. The van der Waals surface area contributed by atoms with E-state index in [0.29, 0.717) is 12.6 Å². The second kappa shape index (κ2) is 5.28. The SMILES string of the molecule is CCN1CCCC(N)C1c1cc(F)c(F)cc1F. The van der Waals surface area contributed by atoms with E-state index < -0.39 is 17.5 Å². The average Bonchev–Trinajstić information content (AvgIpc) is 2.34. The van der Waals surface area contributed by atoms with E-state index in [1.165, 1.54) is 0 Å². The largest absolute Gasteiger partial charge is 0.326 e. The van der Waals surface area contributed by atoms with Crippen molar-refractivity contribution >= 4 is 0 Å². The van der Waals surface area contributed by atoms with E-state index in [1.807, 2.05) is 11.8 Å². The Labute approximate surface area is 105 Å². The summed E-state index contributed by atoms with van der Waals surface area (Å²) in [5.41, 5.74) is 6.16. The molecule has 100 valence electrons. The summed E-state index contributed by atoms with van der Waals surface area (Å²) in [5, 5.41) is 0. The maximum absolute atomic E-state index is 13.8. The maximum Gasteiger partial charge on any atom is 0.161 e. The van der Waals surface area contributed by atoms with Gasteiger partial charge in [-0.05, 0) is 32.0 Å². The van der Waals surface area contributed by atoms with Gasteiger partial charge in [-0.2, -0.15) is 0 Å². The molecule has 1 aliphatic heterocycles. The summed E-state index contributed by atoms with van der Waals surface area (Å²) in [6, 6.07) is 0.903. The van der Waals surface area contributed by atoms with E-state index in [4.69, 9.17) is 5.73 Å². The summed E-state index contributed by atoms with van der Waals surface area (Å²) in [6.45, 7) is 3.45. The zero-order valence-electron chi connectivity index (χ0n) is 10.3. The van der Waals surface area contributed by atoms with E-state index in [2.05, 4.69) is 0 Å². The van der Waals surface area contributed by atoms with Gasteiger partial charge in [-0.3, -0.25) is 4.90 Å². The van der Waals surface area contributed by atoms with Crippen molar-refractivity contribution in [3.63, 3.8) is 0 Å². The normalized spacial score (nSPS) is 25.4. The van der Waals surface area contributed by atoms with Gasteiger partial charge in [0.05, 0.1) is 6.04 Å². The molecule has 0 saturated carbocycles. The summed E-state index contributed by atoms with van der Waals surface area (Å²) < 4.78 is 40.0. The lowest BCUT2D eigenvalue weighted by molar-refractivity contribution is 0.132. The minimum Gasteiger partial charge on any atom is -0.326 e. The van der Waals surface area contributed by atoms with Crippen LogP contribution in [0.1, 0.15) is 31.4 Å². The zero-order chi connectivity index (χ0) is 13.3. The Hall–Kier alpha value is -1.07. The molecule has 0 radical (unpaired) electrons. The second-order valence-corrected chi connectivity index (χ2v) is 4.67. The summed E-state index contributed by atoms with van der Waals surface area (Å²) >= 11 is 0. The van der Waals surface area contributed by atoms with E-state index in [9.17, 15) is 13.2 Å². The first-order valence-electron chi connectivity index (χ1n) is 6.18. The summed E-state index contributed by atoms with van der Waals surface area (Å²) in [6.07, 6.45) is 1.70. The van der Waals surface area contributed by atoms with Gasteiger partial charge in [0.25, 0.3) is 0 Å². The highest BCUT2D eigenvalue weighted by Gasteiger charge is 2.32. The highest BCUT2D eigenvalue weighted by atomic mass is 19.2. The molecule has 1 heterocycles. The van der Waals surface area contributed by atoms with Crippen LogP contribution in [0, 0.1) is 17.5 Å². The van der Waals surface area contributed by atoms with Gasteiger partial charge in [0.2, 0.25) is 0 Å². The third kappa shape index (κ3) is 2.37. The topological polar surface area (TPSA) is 29.3 Å². The molecule has 1 fully saturated rings. The zero-order valence-corrected chi connectivity index (χ0v) is 10.3. The van der Waals surface area contributed by atoms with Crippen LogP contribution in [0.5, 0.6) is 0 Å². The molecule has 0 amide bonds. The van der Waals surface area contributed by atoms with Crippen LogP contribution < -0.4 is 5.73 Å². The molecule has 1 aliphatic rings. The van der Waals surface area contributed by atoms with E-state index in [0.717, 1.165) is 25.5 Å². The van der Waals surface area contributed by atoms with Crippen LogP contribution in [-0.4, -0.2) is 24.0 Å². The lowest BCUT2D eigenvalue weighted by atomic mass is 9.90. The number of nitrogens with zero attached hydrogens (tertiary/aromatic N) is 1. The first kappa shape index (κ1) is 13.4. The number of likely N-dealkylation sites (N-methyl/N-ethyl adjacent to an activating group) is 1. The molecule has 5 heteroatoms. The number of likely N-dealkylation sites (tertiary alicyclic amines) is 1. The van der Waals surface area contributed by atoms with E-state index in [1.54, 1.807) is 0 Å². The number of hydrogen-bond acceptors (Lipinski definition) is 2. The maximum atomic E-state index is 13.8. The lowest BCUT2D eigenvalue weighted by Gasteiger charge is -2.39. The van der Waals surface area contributed by atoms with Gasteiger partial charge in [0, 0.05) is 17.7 Å². The first-order valence-corrected chi connectivity index (χ1v) is 6.18. The third-order valence-electron chi connectivity index (χ3n) is 3.55. The second-order valence-electron chi connectivity index (χ2n) is 4.67. The van der Waals surface area contributed by atoms with Gasteiger partial charge in [0.1, 0.15) is 5.82 Å². The quantitative estimate of drug-likeness (QED) is 0.826. The molecule has 1 saturated heterocycles.